The Morgan fingerprint density at radius 2 is 1.84 bits per heavy atom. The molecule has 1 aliphatic rings. The SMILES string of the molecule is CC(C)(C)OC(=O)NCCc1ccc(-c2cnc(N)c(C(=O)Nc3cnccc3N3CCOCC3)n2)cc1. The van der Waals surface area contributed by atoms with E-state index in [4.69, 9.17) is 15.2 Å². The van der Waals surface area contributed by atoms with Gasteiger partial charge in [0, 0.05) is 31.4 Å². The number of nitrogens with zero attached hydrogens (tertiary/aromatic N) is 4. The zero-order chi connectivity index (χ0) is 27.1. The van der Waals surface area contributed by atoms with E-state index in [9.17, 15) is 9.59 Å². The fourth-order valence-electron chi connectivity index (χ4n) is 3.91. The van der Waals surface area contributed by atoms with Crippen molar-refractivity contribution in [3.63, 3.8) is 0 Å². The highest BCUT2D eigenvalue weighted by Gasteiger charge is 2.20. The summed E-state index contributed by atoms with van der Waals surface area (Å²) in [6.07, 6.45) is 5.02. The number of aromatic nitrogens is 3. The Labute approximate surface area is 221 Å². The van der Waals surface area contributed by atoms with Crippen LogP contribution in [0.2, 0.25) is 0 Å². The van der Waals surface area contributed by atoms with E-state index in [0.717, 1.165) is 29.9 Å². The molecule has 1 aliphatic heterocycles. The Morgan fingerprint density at radius 1 is 1.11 bits per heavy atom. The number of hydrogen-bond acceptors (Lipinski definition) is 9. The number of nitrogens with one attached hydrogen (secondary N) is 2. The minimum atomic E-state index is -0.537. The first-order valence-electron chi connectivity index (χ1n) is 12.5. The Kier molecular flexibility index (Phi) is 8.37. The molecule has 4 N–H and O–H groups in total. The average Bonchev–Trinajstić information content (AvgIpc) is 2.89. The number of hydrogen-bond donors (Lipinski definition) is 3. The zero-order valence-electron chi connectivity index (χ0n) is 21.9. The van der Waals surface area contributed by atoms with Crippen molar-refractivity contribution in [3.8, 4) is 11.3 Å². The standard InChI is InChI=1S/C27H33N7O4/c1-27(2,3)38-26(36)30-11-8-18-4-6-19(7-5-18)20-17-31-24(28)23(32-20)25(35)33-21-16-29-10-9-22(21)34-12-14-37-15-13-34/h4-7,9-10,16-17H,8,11-15H2,1-3H3,(H2,28,31)(H,30,36)(H,33,35). The maximum absolute atomic E-state index is 13.2. The lowest BCUT2D eigenvalue weighted by Gasteiger charge is -2.30. The number of morpholine rings is 1. The third-order valence-corrected chi connectivity index (χ3v) is 5.75. The summed E-state index contributed by atoms with van der Waals surface area (Å²) >= 11 is 0. The van der Waals surface area contributed by atoms with Crippen LogP contribution < -0.4 is 21.3 Å². The maximum Gasteiger partial charge on any atom is 0.407 e. The van der Waals surface area contributed by atoms with Gasteiger partial charge in [-0.1, -0.05) is 24.3 Å². The van der Waals surface area contributed by atoms with E-state index in [0.29, 0.717) is 37.6 Å². The Balaban J connectivity index is 1.42. The number of carbonyl (C=O) groups is 2. The summed E-state index contributed by atoms with van der Waals surface area (Å²) in [6, 6.07) is 9.52. The lowest BCUT2D eigenvalue weighted by atomic mass is 10.1. The highest BCUT2D eigenvalue weighted by Crippen LogP contribution is 2.27. The average molecular weight is 520 g/mol. The number of pyridine rings is 1. The van der Waals surface area contributed by atoms with Gasteiger partial charge < -0.3 is 30.7 Å². The number of alkyl carbamates (subject to hydrolysis) is 1. The monoisotopic (exact) mass is 519 g/mol. The largest absolute Gasteiger partial charge is 0.444 e. The minimum Gasteiger partial charge on any atom is -0.444 e. The quantitative estimate of drug-likeness (QED) is 0.428. The third-order valence-electron chi connectivity index (χ3n) is 5.75. The normalized spacial score (nSPS) is 13.6. The Hall–Kier alpha value is -4.25. The van der Waals surface area contributed by atoms with Gasteiger partial charge in [0.15, 0.2) is 11.5 Å². The molecule has 1 fully saturated rings. The van der Waals surface area contributed by atoms with E-state index in [1.54, 1.807) is 12.4 Å². The summed E-state index contributed by atoms with van der Waals surface area (Å²) in [5.41, 5.74) is 9.27. The van der Waals surface area contributed by atoms with Gasteiger partial charge in [0.05, 0.1) is 42.7 Å². The number of rotatable bonds is 7. The highest BCUT2D eigenvalue weighted by molar-refractivity contribution is 6.07. The van der Waals surface area contributed by atoms with E-state index in [1.165, 1.54) is 6.20 Å². The molecule has 3 aromatic rings. The first-order valence-corrected chi connectivity index (χ1v) is 12.5. The molecule has 4 rings (SSSR count). The van der Waals surface area contributed by atoms with Gasteiger partial charge in [0.2, 0.25) is 0 Å². The summed E-state index contributed by atoms with van der Waals surface area (Å²) in [6.45, 7) is 8.59. The summed E-state index contributed by atoms with van der Waals surface area (Å²) in [5.74, 6) is -0.433. The van der Waals surface area contributed by atoms with Crippen molar-refractivity contribution in [2.24, 2.45) is 0 Å². The molecule has 11 heteroatoms. The van der Waals surface area contributed by atoms with Crippen molar-refractivity contribution in [2.75, 3.05) is 48.8 Å². The molecule has 0 unspecified atom stereocenters. The van der Waals surface area contributed by atoms with E-state index in [2.05, 4.69) is 30.5 Å². The fraction of sp³-hybridized carbons (Fsp3) is 0.370. The van der Waals surface area contributed by atoms with Gasteiger partial charge in [-0.3, -0.25) is 9.78 Å². The number of amides is 2. The molecular weight excluding hydrogens is 486 g/mol. The highest BCUT2D eigenvalue weighted by atomic mass is 16.6. The molecule has 1 aromatic carbocycles. The van der Waals surface area contributed by atoms with E-state index < -0.39 is 17.6 Å². The molecule has 0 saturated carbocycles. The molecule has 0 spiro atoms. The van der Waals surface area contributed by atoms with Gasteiger partial charge in [-0.25, -0.2) is 14.8 Å². The van der Waals surface area contributed by atoms with Gasteiger partial charge in [0.25, 0.3) is 5.91 Å². The third kappa shape index (κ3) is 7.16. The van der Waals surface area contributed by atoms with Crippen LogP contribution in [0.1, 0.15) is 36.8 Å². The molecular formula is C27H33N7O4. The molecule has 200 valence electrons. The summed E-state index contributed by atoms with van der Waals surface area (Å²) in [7, 11) is 0. The molecule has 2 amide bonds. The maximum atomic E-state index is 13.2. The smallest absolute Gasteiger partial charge is 0.407 e. The van der Waals surface area contributed by atoms with Gasteiger partial charge in [-0.2, -0.15) is 0 Å². The van der Waals surface area contributed by atoms with Crippen LogP contribution in [-0.2, 0) is 15.9 Å². The first-order chi connectivity index (χ1) is 18.2. The van der Waals surface area contributed by atoms with Crippen molar-refractivity contribution in [1.29, 1.82) is 0 Å². The fourth-order valence-corrected chi connectivity index (χ4v) is 3.91. The summed E-state index contributed by atoms with van der Waals surface area (Å²) in [4.78, 5) is 40.0. The molecule has 0 atom stereocenters. The second-order valence-electron chi connectivity index (χ2n) is 9.81. The molecule has 0 aliphatic carbocycles. The van der Waals surface area contributed by atoms with E-state index in [-0.39, 0.29) is 11.5 Å². The predicted molar refractivity (Wildman–Crippen MR) is 145 cm³/mol. The molecule has 1 saturated heterocycles. The zero-order valence-corrected chi connectivity index (χ0v) is 21.9. The first kappa shape index (κ1) is 26.8. The molecule has 0 radical (unpaired) electrons. The summed E-state index contributed by atoms with van der Waals surface area (Å²) in [5, 5.41) is 5.64. The second kappa shape index (κ2) is 11.9. The molecule has 2 aromatic heterocycles. The number of anilines is 3. The van der Waals surface area contributed by atoms with Crippen LogP contribution >= 0.6 is 0 Å². The van der Waals surface area contributed by atoms with Crippen molar-refractivity contribution in [2.45, 2.75) is 32.8 Å². The molecule has 3 heterocycles. The van der Waals surface area contributed by atoms with Crippen molar-refractivity contribution >= 4 is 29.2 Å². The number of nitrogens with two attached hydrogens (primary N) is 1. The van der Waals surface area contributed by atoms with E-state index >= 15 is 0 Å². The minimum absolute atomic E-state index is 0.0323. The van der Waals surface area contributed by atoms with Crippen LogP contribution in [-0.4, -0.2) is 65.4 Å². The number of ether oxygens (including phenoxy) is 2. The van der Waals surface area contributed by atoms with Crippen molar-refractivity contribution < 1.29 is 19.1 Å². The molecule has 38 heavy (non-hydrogen) atoms. The van der Waals surface area contributed by atoms with Crippen LogP contribution in [0.4, 0.5) is 22.0 Å². The van der Waals surface area contributed by atoms with Gasteiger partial charge in [-0.15, -0.1) is 0 Å². The summed E-state index contributed by atoms with van der Waals surface area (Å²) < 4.78 is 10.7. The van der Waals surface area contributed by atoms with Crippen molar-refractivity contribution in [1.82, 2.24) is 20.3 Å². The lowest BCUT2D eigenvalue weighted by molar-refractivity contribution is 0.0528. The number of benzene rings is 1. The lowest BCUT2D eigenvalue weighted by Crippen LogP contribution is -2.36. The van der Waals surface area contributed by atoms with Crippen LogP contribution in [0.15, 0.2) is 48.9 Å². The number of carbonyl (C=O) groups excluding carboxylic acids is 2. The topological polar surface area (TPSA) is 145 Å². The van der Waals surface area contributed by atoms with Gasteiger partial charge >= 0.3 is 6.09 Å². The number of nitrogen functional groups attached to an aromatic ring is 1. The Morgan fingerprint density at radius 3 is 2.55 bits per heavy atom. The van der Waals surface area contributed by atoms with Crippen LogP contribution in [0.25, 0.3) is 11.3 Å². The van der Waals surface area contributed by atoms with E-state index in [1.807, 2.05) is 51.1 Å². The second-order valence-corrected chi connectivity index (χ2v) is 9.81. The van der Waals surface area contributed by atoms with Crippen LogP contribution in [0, 0.1) is 0 Å². The van der Waals surface area contributed by atoms with Crippen molar-refractivity contribution in [3.05, 3.63) is 60.2 Å². The Bertz CT molecular complexity index is 1270. The van der Waals surface area contributed by atoms with Gasteiger partial charge in [0.1, 0.15) is 5.60 Å². The molecule has 0 bridgehead atoms. The van der Waals surface area contributed by atoms with Crippen LogP contribution in [0.3, 0.4) is 0 Å². The van der Waals surface area contributed by atoms with Crippen LogP contribution in [0.5, 0.6) is 0 Å². The molecule has 11 nitrogen and oxygen atoms in total. The predicted octanol–water partition coefficient (Wildman–Crippen LogP) is 3.28. The van der Waals surface area contributed by atoms with Gasteiger partial charge in [-0.05, 0) is 38.8 Å².